The van der Waals surface area contributed by atoms with Crippen molar-refractivity contribution in [3.05, 3.63) is 0 Å². The predicted octanol–water partition coefficient (Wildman–Crippen LogP) is -0.148. The van der Waals surface area contributed by atoms with E-state index in [1.807, 2.05) is 0 Å². The molecule has 2 N–H and O–H groups in total. The molecule has 0 aromatic rings. The van der Waals surface area contributed by atoms with E-state index in [2.05, 4.69) is 11.8 Å². The molecule has 3 unspecified atom stereocenters. The number of hydrogen-bond acceptors (Lipinski definition) is 6. The highest BCUT2D eigenvalue weighted by atomic mass is 32.2. The van der Waals surface area contributed by atoms with Gasteiger partial charge in [-0.2, -0.15) is 0 Å². The Balaban J connectivity index is 1.64. The Morgan fingerprint density at radius 2 is 2.20 bits per heavy atom. The van der Waals surface area contributed by atoms with Crippen LogP contribution < -0.4 is 5.73 Å². The number of rotatable bonds is 6. The van der Waals surface area contributed by atoms with E-state index in [0.717, 1.165) is 39.0 Å². The van der Waals surface area contributed by atoms with Crippen LogP contribution in [-0.2, 0) is 19.4 Å². The minimum absolute atomic E-state index is 0.0267. The normalized spacial score (nSPS) is 35.3. The summed E-state index contributed by atoms with van der Waals surface area (Å²) < 4.78 is 29.5. The molecule has 0 aromatic heterocycles. The average molecular weight is 374 g/mol. The average Bonchev–Trinajstić information content (AvgIpc) is 3.26. The van der Waals surface area contributed by atoms with Gasteiger partial charge in [-0.25, -0.2) is 8.42 Å². The smallest absolute Gasteiger partial charge is 0.237 e. The third kappa shape index (κ3) is 4.72. The number of nitrogens with zero attached hydrogens (tertiary/aromatic N) is 2. The van der Waals surface area contributed by atoms with Crippen molar-refractivity contribution in [2.24, 2.45) is 11.1 Å². The summed E-state index contributed by atoms with van der Waals surface area (Å²) in [4.78, 5) is 16.9. The molecule has 3 aliphatic rings. The molecule has 0 aromatic carbocycles. The summed E-state index contributed by atoms with van der Waals surface area (Å²) in [6.07, 6.45) is 3.54. The lowest BCUT2D eigenvalue weighted by atomic mass is 9.90. The first-order valence-electron chi connectivity index (χ1n) is 9.34. The van der Waals surface area contributed by atoms with E-state index in [-0.39, 0.29) is 35.0 Å². The molecule has 3 aliphatic heterocycles. The third-order valence-corrected chi connectivity index (χ3v) is 7.63. The lowest BCUT2D eigenvalue weighted by molar-refractivity contribution is -0.135. The monoisotopic (exact) mass is 373 g/mol. The first-order valence-corrected chi connectivity index (χ1v) is 11.2. The largest absolute Gasteiger partial charge is 0.376 e. The van der Waals surface area contributed by atoms with Crippen LogP contribution in [0, 0.1) is 5.41 Å². The van der Waals surface area contributed by atoms with Crippen LogP contribution in [-0.4, -0.2) is 87.1 Å². The summed E-state index contributed by atoms with van der Waals surface area (Å²) in [6.45, 7) is 6.07. The fraction of sp³-hybridized carbons (Fsp3) is 0.941. The van der Waals surface area contributed by atoms with Crippen molar-refractivity contribution < 1.29 is 17.9 Å². The van der Waals surface area contributed by atoms with Gasteiger partial charge in [-0.1, -0.05) is 6.92 Å². The molecule has 7 nitrogen and oxygen atoms in total. The second-order valence-corrected chi connectivity index (χ2v) is 10.4. The van der Waals surface area contributed by atoms with Gasteiger partial charge in [0.1, 0.15) is 0 Å². The van der Waals surface area contributed by atoms with Gasteiger partial charge in [0, 0.05) is 25.7 Å². The lowest BCUT2D eigenvalue weighted by Crippen LogP contribution is -2.49. The zero-order chi connectivity index (χ0) is 18.1. The van der Waals surface area contributed by atoms with E-state index < -0.39 is 9.84 Å². The van der Waals surface area contributed by atoms with Gasteiger partial charge in [0.2, 0.25) is 5.91 Å². The number of ether oxygens (including phenoxy) is 1. The molecule has 0 radical (unpaired) electrons. The third-order valence-electron chi connectivity index (χ3n) is 5.88. The molecule has 8 heteroatoms. The number of amides is 1. The minimum atomic E-state index is -3.02. The van der Waals surface area contributed by atoms with Gasteiger partial charge in [-0.15, -0.1) is 0 Å². The van der Waals surface area contributed by atoms with Crippen LogP contribution in [0.15, 0.2) is 0 Å². The van der Waals surface area contributed by atoms with E-state index in [0.29, 0.717) is 26.1 Å². The number of carbonyl (C=O) groups excluding carboxylic acids is 1. The SMILES string of the molecule is CC1(CN)CCN(CC(=O)N(CC2CCCO2)C2CCS(=O)(=O)C2)C1. The van der Waals surface area contributed by atoms with Crippen LogP contribution in [0.3, 0.4) is 0 Å². The fourth-order valence-electron chi connectivity index (χ4n) is 4.19. The van der Waals surface area contributed by atoms with E-state index >= 15 is 0 Å². The Morgan fingerprint density at radius 1 is 1.40 bits per heavy atom. The molecule has 25 heavy (non-hydrogen) atoms. The number of nitrogens with two attached hydrogens (primary N) is 1. The van der Waals surface area contributed by atoms with Gasteiger partial charge in [0.25, 0.3) is 0 Å². The van der Waals surface area contributed by atoms with Crippen molar-refractivity contribution in [2.75, 3.05) is 50.8 Å². The van der Waals surface area contributed by atoms with Crippen molar-refractivity contribution in [3.63, 3.8) is 0 Å². The highest BCUT2D eigenvalue weighted by Crippen LogP contribution is 2.29. The van der Waals surface area contributed by atoms with Gasteiger partial charge < -0.3 is 15.4 Å². The fourth-order valence-corrected chi connectivity index (χ4v) is 5.92. The van der Waals surface area contributed by atoms with Crippen LogP contribution in [0.1, 0.15) is 32.6 Å². The van der Waals surface area contributed by atoms with Crippen molar-refractivity contribution >= 4 is 15.7 Å². The molecule has 0 saturated carbocycles. The molecular formula is C17H31N3O4S. The molecule has 0 aliphatic carbocycles. The van der Waals surface area contributed by atoms with Gasteiger partial charge in [-0.3, -0.25) is 9.69 Å². The molecule has 3 heterocycles. The summed E-state index contributed by atoms with van der Waals surface area (Å²) >= 11 is 0. The van der Waals surface area contributed by atoms with Crippen LogP contribution in [0.5, 0.6) is 0 Å². The second kappa shape index (κ2) is 7.50. The molecule has 0 spiro atoms. The van der Waals surface area contributed by atoms with Crippen molar-refractivity contribution in [1.82, 2.24) is 9.80 Å². The van der Waals surface area contributed by atoms with E-state index in [4.69, 9.17) is 10.5 Å². The summed E-state index contributed by atoms with van der Waals surface area (Å²) in [5, 5.41) is 0. The summed E-state index contributed by atoms with van der Waals surface area (Å²) in [6, 6.07) is -0.204. The molecule has 3 rings (SSSR count). The Labute approximate surface area is 150 Å². The van der Waals surface area contributed by atoms with E-state index in [1.165, 1.54) is 0 Å². The van der Waals surface area contributed by atoms with Gasteiger partial charge in [0.05, 0.1) is 24.2 Å². The zero-order valence-corrected chi connectivity index (χ0v) is 16.0. The van der Waals surface area contributed by atoms with Crippen LogP contribution >= 0.6 is 0 Å². The Hall–Kier alpha value is -0.700. The van der Waals surface area contributed by atoms with Crippen molar-refractivity contribution in [3.8, 4) is 0 Å². The van der Waals surface area contributed by atoms with Crippen LogP contribution in [0.4, 0.5) is 0 Å². The Bertz CT molecular complexity index is 591. The first kappa shape index (κ1) is 19.1. The molecule has 144 valence electrons. The second-order valence-electron chi connectivity index (χ2n) is 8.21. The molecule has 1 amide bonds. The predicted molar refractivity (Wildman–Crippen MR) is 96.0 cm³/mol. The Morgan fingerprint density at radius 3 is 2.76 bits per heavy atom. The Kier molecular flexibility index (Phi) is 5.72. The molecule has 0 bridgehead atoms. The molecule has 3 fully saturated rings. The lowest BCUT2D eigenvalue weighted by Gasteiger charge is -2.32. The van der Waals surface area contributed by atoms with Gasteiger partial charge in [-0.05, 0) is 44.2 Å². The number of sulfone groups is 1. The number of likely N-dealkylation sites (tertiary alicyclic amines) is 1. The topological polar surface area (TPSA) is 92.9 Å². The highest BCUT2D eigenvalue weighted by molar-refractivity contribution is 7.91. The van der Waals surface area contributed by atoms with Crippen LogP contribution in [0.2, 0.25) is 0 Å². The maximum absolute atomic E-state index is 13.0. The standard InChI is InChI=1S/C17H31N3O4S/c1-17(12-18)5-6-19(13-17)10-16(21)20(9-15-3-2-7-24-15)14-4-8-25(22,23)11-14/h14-15H,2-13,18H2,1H3. The van der Waals surface area contributed by atoms with Gasteiger partial charge >= 0.3 is 0 Å². The quantitative estimate of drug-likeness (QED) is 0.696. The summed E-state index contributed by atoms with van der Waals surface area (Å²) in [5.74, 6) is 0.298. The molecule has 3 atom stereocenters. The summed E-state index contributed by atoms with van der Waals surface area (Å²) in [7, 11) is -3.02. The van der Waals surface area contributed by atoms with Crippen LogP contribution in [0.25, 0.3) is 0 Å². The van der Waals surface area contributed by atoms with E-state index in [9.17, 15) is 13.2 Å². The maximum atomic E-state index is 13.0. The maximum Gasteiger partial charge on any atom is 0.237 e. The number of carbonyl (C=O) groups is 1. The first-order chi connectivity index (χ1) is 11.8. The summed E-state index contributed by atoms with van der Waals surface area (Å²) in [5.41, 5.74) is 5.93. The highest BCUT2D eigenvalue weighted by Gasteiger charge is 2.38. The van der Waals surface area contributed by atoms with E-state index in [1.54, 1.807) is 4.90 Å². The van der Waals surface area contributed by atoms with Crippen molar-refractivity contribution in [1.29, 1.82) is 0 Å². The van der Waals surface area contributed by atoms with Crippen molar-refractivity contribution in [2.45, 2.75) is 44.8 Å². The van der Waals surface area contributed by atoms with Gasteiger partial charge in [0.15, 0.2) is 9.84 Å². The molecule has 3 saturated heterocycles. The molecular weight excluding hydrogens is 342 g/mol. The zero-order valence-electron chi connectivity index (χ0n) is 15.2. The minimum Gasteiger partial charge on any atom is -0.376 e. The number of hydrogen-bond donors (Lipinski definition) is 1.